The lowest BCUT2D eigenvalue weighted by Crippen LogP contribution is -2.22. The van der Waals surface area contributed by atoms with Crippen molar-refractivity contribution >= 4 is 0 Å². The van der Waals surface area contributed by atoms with E-state index in [1.54, 1.807) is 0 Å². The van der Waals surface area contributed by atoms with Crippen LogP contribution in [0.1, 0.15) is 46.0 Å². The van der Waals surface area contributed by atoms with Crippen LogP contribution in [0.15, 0.2) is 0 Å². The van der Waals surface area contributed by atoms with Crippen LogP contribution in [0.3, 0.4) is 0 Å². The van der Waals surface area contributed by atoms with Gasteiger partial charge in [0.05, 0.1) is 0 Å². The number of hydrogen-bond acceptors (Lipinski definition) is 1. The molecular formula is C12H23N. The van der Waals surface area contributed by atoms with E-state index in [0.717, 1.165) is 23.8 Å². The summed E-state index contributed by atoms with van der Waals surface area (Å²) in [5.41, 5.74) is 0.805. The van der Waals surface area contributed by atoms with Crippen molar-refractivity contribution < 1.29 is 0 Å². The Balaban J connectivity index is 1.80. The molecule has 2 aliphatic carbocycles. The van der Waals surface area contributed by atoms with Gasteiger partial charge in [-0.25, -0.2) is 0 Å². The predicted octanol–water partition coefficient (Wildman–Crippen LogP) is 2.81. The molecule has 2 aliphatic rings. The minimum Gasteiger partial charge on any atom is -0.317 e. The van der Waals surface area contributed by atoms with E-state index in [-0.39, 0.29) is 0 Å². The van der Waals surface area contributed by atoms with Crippen molar-refractivity contribution in [2.24, 2.45) is 17.3 Å². The van der Waals surface area contributed by atoms with Crippen LogP contribution in [0, 0.1) is 17.3 Å². The van der Waals surface area contributed by atoms with Crippen molar-refractivity contribution in [1.82, 2.24) is 5.32 Å². The molecule has 0 aromatic heterocycles. The summed E-state index contributed by atoms with van der Waals surface area (Å²) < 4.78 is 0. The van der Waals surface area contributed by atoms with Crippen LogP contribution in [0.4, 0.5) is 0 Å². The second-order valence-corrected chi connectivity index (χ2v) is 5.27. The molecule has 2 fully saturated rings. The van der Waals surface area contributed by atoms with Gasteiger partial charge in [-0.2, -0.15) is 0 Å². The molecule has 2 rings (SSSR count). The second-order valence-electron chi connectivity index (χ2n) is 5.27. The zero-order valence-corrected chi connectivity index (χ0v) is 9.10. The molecule has 0 saturated heterocycles. The predicted molar refractivity (Wildman–Crippen MR) is 56.7 cm³/mol. The number of rotatable bonds is 3. The van der Waals surface area contributed by atoms with Crippen LogP contribution in [0.25, 0.3) is 0 Å². The molecule has 76 valence electrons. The molecule has 13 heavy (non-hydrogen) atoms. The minimum atomic E-state index is 0.805. The Hall–Kier alpha value is -0.0400. The molecule has 0 aromatic rings. The highest BCUT2D eigenvalue weighted by molar-refractivity contribution is 5.05. The van der Waals surface area contributed by atoms with Crippen LogP contribution in [0.5, 0.6) is 0 Å². The van der Waals surface area contributed by atoms with Gasteiger partial charge >= 0.3 is 0 Å². The van der Waals surface area contributed by atoms with Crippen molar-refractivity contribution in [2.75, 3.05) is 13.1 Å². The SMILES string of the molecule is CCNCC1CC12CCCC(C)C2. The van der Waals surface area contributed by atoms with E-state index in [9.17, 15) is 0 Å². The lowest BCUT2D eigenvalue weighted by atomic mass is 9.78. The summed E-state index contributed by atoms with van der Waals surface area (Å²) in [7, 11) is 0. The average molecular weight is 181 g/mol. The van der Waals surface area contributed by atoms with E-state index < -0.39 is 0 Å². The first-order valence-corrected chi connectivity index (χ1v) is 5.97. The lowest BCUT2D eigenvalue weighted by Gasteiger charge is -2.27. The molecule has 1 spiro atoms. The largest absolute Gasteiger partial charge is 0.317 e. The van der Waals surface area contributed by atoms with Crippen LogP contribution in [-0.2, 0) is 0 Å². The minimum absolute atomic E-state index is 0.805. The Kier molecular flexibility index (Phi) is 2.64. The third-order valence-electron chi connectivity index (χ3n) is 4.13. The first-order valence-electron chi connectivity index (χ1n) is 5.97. The molecular weight excluding hydrogens is 158 g/mol. The Morgan fingerprint density at radius 1 is 1.38 bits per heavy atom. The van der Waals surface area contributed by atoms with Crippen LogP contribution < -0.4 is 5.32 Å². The molecule has 1 nitrogen and oxygen atoms in total. The van der Waals surface area contributed by atoms with Gasteiger partial charge in [0.2, 0.25) is 0 Å². The Morgan fingerprint density at radius 3 is 2.92 bits per heavy atom. The van der Waals surface area contributed by atoms with Crippen LogP contribution >= 0.6 is 0 Å². The molecule has 0 aliphatic heterocycles. The van der Waals surface area contributed by atoms with Crippen LogP contribution in [0.2, 0.25) is 0 Å². The maximum atomic E-state index is 3.50. The molecule has 2 saturated carbocycles. The highest BCUT2D eigenvalue weighted by Gasteiger charge is 2.54. The first-order chi connectivity index (χ1) is 6.27. The number of nitrogens with one attached hydrogen (secondary N) is 1. The summed E-state index contributed by atoms with van der Waals surface area (Å²) in [6.07, 6.45) is 7.53. The average Bonchev–Trinajstić information content (AvgIpc) is 2.74. The number of hydrogen-bond donors (Lipinski definition) is 1. The fourth-order valence-corrected chi connectivity index (χ4v) is 3.30. The van der Waals surface area contributed by atoms with Gasteiger partial charge in [-0.05, 0) is 49.6 Å². The molecule has 0 bridgehead atoms. The van der Waals surface area contributed by atoms with E-state index in [0.29, 0.717) is 0 Å². The van der Waals surface area contributed by atoms with Gasteiger partial charge in [-0.15, -0.1) is 0 Å². The van der Waals surface area contributed by atoms with Gasteiger partial charge in [-0.1, -0.05) is 26.7 Å². The maximum absolute atomic E-state index is 3.50. The van der Waals surface area contributed by atoms with E-state index in [1.807, 2.05) is 0 Å². The third-order valence-corrected chi connectivity index (χ3v) is 4.13. The Labute approximate surface area is 82.3 Å². The van der Waals surface area contributed by atoms with Crippen molar-refractivity contribution in [3.8, 4) is 0 Å². The molecule has 0 aromatic carbocycles. The molecule has 3 atom stereocenters. The summed E-state index contributed by atoms with van der Waals surface area (Å²) in [4.78, 5) is 0. The first kappa shape index (κ1) is 9.51. The zero-order valence-electron chi connectivity index (χ0n) is 9.10. The summed E-state index contributed by atoms with van der Waals surface area (Å²) in [6, 6.07) is 0. The van der Waals surface area contributed by atoms with Gasteiger partial charge in [0.1, 0.15) is 0 Å². The van der Waals surface area contributed by atoms with Crippen molar-refractivity contribution in [3.63, 3.8) is 0 Å². The molecule has 0 radical (unpaired) electrons. The van der Waals surface area contributed by atoms with E-state index in [1.165, 1.54) is 38.6 Å². The molecule has 0 heterocycles. The molecule has 0 amide bonds. The van der Waals surface area contributed by atoms with Crippen molar-refractivity contribution in [1.29, 1.82) is 0 Å². The van der Waals surface area contributed by atoms with Gasteiger partial charge in [0.15, 0.2) is 0 Å². The van der Waals surface area contributed by atoms with Crippen molar-refractivity contribution in [2.45, 2.75) is 46.0 Å². The molecule has 1 N–H and O–H groups in total. The fourth-order valence-electron chi connectivity index (χ4n) is 3.30. The summed E-state index contributed by atoms with van der Waals surface area (Å²) >= 11 is 0. The van der Waals surface area contributed by atoms with Crippen molar-refractivity contribution in [3.05, 3.63) is 0 Å². The second kappa shape index (κ2) is 3.61. The smallest absolute Gasteiger partial charge is 0.00151 e. The lowest BCUT2D eigenvalue weighted by molar-refractivity contribution is 0.241. The quantitative estimate of drug-likeness (QED) is 0.706. The monoisotopic (exact) mass is 181 g/mol. The van der Waals surface area contributed by atoms with E-state index in [2.05, 4.69) is 19.2 Å². The molecule has 3 unspecified atom stereocenters. The van der Waals surface area contributed by atoms with Crippen LogP contribution in [-0.4, -0.2) is 13.1 Å². The van der Waals surface area contributed by atoms with Gasteiger partial charge in [-0.3, -0.25) is 0 Å². The molecule has 1 heteroatoms. The zero-order chi connectivity index (χ0) is 9.31. The normalized spacial score (nSPS) is 43.8. The highest BCUT2D eigenvalue weighted by atomic mass is 14.9. The van der Waals surface area contributed by atoms with E-state index >= 15 is 0 Å². The third kappa shape index (κ3) is 1.90. The maximum Gasteiger partial charge on any atom is -0.00151 e. The Morgan fingerprint density at radius 2 is 2.23 bits per heavy atom. The van der Waals surface area contributed by atoms with Gasteiger partial charge < -0.3 is 5.32 Å². The fraction of sp³-hybridized carbons (Fsp3) is 1.00. The Bertz CT molecular complexity index is 178. The van der Waals surface area contributed by atoms with E-state index in [4.69, 9.17) is 0 Å². The topological polar surface area (TPSA) is 12.0 Å². The highest BCUT2D eigenvalue weighted by Crippen LogP contribution is 2.62. The summed E-state index contributed by atoms with van der Waals surface area (Å²) in [5, 5.41) is 3.50. The van der Waals surface area contributed by atoms with Gasteiger partial charge in [0, 0.05) is 0 Å². The summed E-state index contributed by atoms with van der Waals surface area (Å²) in [5.74, 6) is 2.02. The standard InChI is InChI=1S/C12H23N/c1-3-13-9-11-8-12(11)6-4-5-10(2)7-12/h10-11,13H,3-9H2,1-2H3. The summed E-state index contributed by atoms with van der Waals surface area (Å²) in [6.45, 7) is 7.06. The van der Waals surface area contributed by atoms with Gasteiger partial charge in [0.25, 0.3) is 0 Å².